The summed E-state index contributed by atoms with van der Waals surface area (Å²) in [4.78, 5) is 15.3. The predicted octanol–water partition coefficient (Wildman–Crippen LogP) is 6.77. The number of nitrogens with zero attached hydrogens (tertiary/aromatic N) is 4. The summed E-state index contributed by atoms with van der Waals surface area (Å²) in [6.45, 7) is 0.849. The van der Waals surface area contributed by atoms with Gasteiger partial charge in [0.25, 0.3) is 5.91 Å². The SMILES string of the molecule is O=C(c1cnn(-c2ccc(Cl)cc2)c1CF)N1CCC(c2cn(Cc3cccc(F)c3)c3ccccc23)C1. The molecule has 1 atom stereocenters. The maximum atomic E-state index is 14.1. The fourth-order valence-corrected chi connectivity index (χ4v) is 5.54. The number of fused-ring (bicyclic) bond motifs is 1. The lowest BCUT2D eigenvalue weighted by molar-refractivity contribution is 0.0788. The van der Waals surface area contributed by atoms with Crippen molar-refractivity contribution in [2.45, 2.75) is 25.6 Å². The molecule has 1 aliphatic heterocycles. The molecule has 3 heterocycles. The Labute approximate surface area is 223 Å². The number of halogens is 3. The van der Waals surface area contributed by atoms with Crippen LogP contribution in [0.5, 0.6) is 0 Å². The van der Waals surface area contributed by atoms with Gasteiger partial charge in [0.15, 0.2) is 0 Å². The number of carbonyl (C=O) groups is 1. The van der Waals surface area contributed by atoms with Crippen LogP contribution in [-0.4, -0.2) is 38.2 Å². The Kier molecular flexibility index (Phi) is 6.45. The molecule has 192 valence electrons. The van der Waals surface area contributed by atoms with E-state index in [-0.39, 0.29) is 28.9 Å². The molecule has 5 aromatic rings. The molecule has 1 saturated heterocycles. The monoisotopic (exact) mass is 530 g/mol. The van der Waals surface area contributed by atoms with Crippen LogP contribution in [0, 0.1) is 5.82 Å². The van der Waals surface area contributed by atoms with Gasteiger partial charge in [-0.25, -0.2) is 13.5 Å². The van der Waals surface area contributed by atoms with Crippen LogP contribution in [-0.2, 0) is 13.2 Å². The highest BCUT2D eigenvalue weighted by atomic mass is 35.5. The maximum Gasteiger partial charge on any atom is 0.257 e. The largest absolute Gasteiger partial charge is 0.343 e. The topological polar surface area (TPSA) is 43.1 Å². The summed E-state index contributed by atoms with van der Waals surface area (Å²) in [6, 6.07) is 21.7. The highest BCUT2D eigenvalue weighted by Crippen LogP contribution is 2.35. The number of carbonyl (C=O) groups excluding carboxylic acids is 1. The molecule has 0 N–H and O–H groups in total. The Morgan fingerprint density at radius 2 is 1.87 bits per heavy atom. The lowest BCUT2D eigenvalue weighted by Gasteiger charge is -2.17. The molecular formula is C30H25ClF2N4O. The van der Waals surface area contributed by atoms with E-state index in [0.717, 1.165) is 28.5 Å². The molecule has 0 aliphatic carbocycles. The van der Waals surface area contributed by atoms with Gasteiger partial charge in [0.2, 0.25) is 0 Å². The van der Waals surface area contributed by atoms with Gasteiger partial charge in [0.1, 0.15) is 12.5 Å². The number of amides is 1. The summed E-state index contributed by atoms with van der Waals surface area (Å²) >= 11 is 5.98. The summed E-state index contributed by atoms with van der Waals surface area (Å²) in [5, 5.41) is 6.00. The van der Waals surface area contributed by atoms with E-state index in [9.17, 15) is 13.6 Å². The Morgan fingerprint density at radius 3 is 2.66 bits per heavy atom. The highest BCUT2D eigenvalue weighted by Gasteiger charge is 2.32. The van der Waals surface area contributed by atoms with Crippen LogP contribution in [0.2, 0.25) is 5.02 Å². The zero-order valence-corrected chi connectivity index (χ0v) is 21.3. The minimum absolute atomic E-state index is 0.137. The Morgan fingerprint density at radius 1 is 1.05 bits per heavy atom. The van der Waals surface area contributed by atoms with Gasteiger partial charge < -0.3 is 9.47 Å². The molecule has 0 saturated carbocycles. The van der Waals surface area contributed by atoms with E-state index in [1.807, 2.05) is 18.2 Å². The van der Waals surface area contributed by atoms with E-state index in [1.54, 1.807) is 41.3 Å². The number of aromatic nitrogens is 3. The van der Waals surface area contributed by atoms with Crippen molar-refractivity contribution in [1.29, 1.82) is 0 Å². The zero-order chi connectivity index (χ0) is 26.2. The van der Waals surface area contributed by atoms with Crippen molar-refractivity contribution >= 4 is 28.4 Å². The van der Waals surface area contributed by atoms with Crippen molar-refractivity contribution in [3.63, 3.8) is 0 Å². The summed E-state index contributed by atoms with van der Waals surface area (Å²) in [7, 11) is 0. The highest BCUT2D eigenvalue weighted by molar-refractivity contribution is 6.30. The fraction of sp³-hybridized carbons (Fsp3) is 0.200. The molecule has 3 aromatic carbocycles. The van der Waals surface area contributed by atoms with Gasteiger partial charge >= 0.3 is 0 Å². The van der Waals surface area contributed by atoms with Crippen molar-refractivity contribution in [3.05, 3.63) is 118 Å². The van der Waals surface area contributed by atoms with Crippen molar-refractivity contribution in [2.75, 3.05) is 13.1 Å². The van der Waals surface area contributed by atoms with Crippen molar-refractivity contribution in [1.82, 2.24) is 19.2 Å². The molecule has 1 amide bonds. The second kappa shape index (κ2) is 10.1. The van der Waals surface area contributed by atoms with E-state index in [1.165, 1.54) is 16.9 Å². The molecule has 6 rings (SSSR count). The average molecular weight is 531 g/mol. The van der Waals surface area contributed by atoms with Gasteiger partial charge in [-0.2, -0.15) is 5.10 Å². The number of alkyl halides is 1. The van der Waals surface area contributed by atoms with Crippen molar-refractivity contribution in [3.8, 4) is 5.69 Å². The molecule has 8 heteroatoms. The third kappa shape index (κ3) is 4.47. The summed E-state index contributed by atoms with van der Waals surface area (Å²) < 4.78 is 31.5. The molecule has 0 radical (unpaired) electrons. The van der Waals surface area contributed by atoms with Crippen LogP contribution in [0.3, 0.4) is 0 Å². The van der Waals surface area contributed by atoms with E-state index < -0.39 is 6.67 Å². The molecule has 38 heavy (non-hydrogen) atoms. The molecule has 0 bridgehead atoms. The summed E-state index contributed by atoms with van der Waals surface area (Å²) in [5.74, 6) is -0.335. The van der Waals surface area contributed by atoms with Gasteiger partial charge in [-0.3, -0.25) is 4.79 Å². The molecule has 2 aromatic heterocycles. The first-order valence-electron chi connectivity index (χ1n) is 12.5. The summed E-state index contributed by atoms with van der Waals surface area (Å²) in [5.41, 5.74) is 4.27. The molecular weight excluding hydrogens is 506 g/mol. The number of rotatable bonds is 6. The van der Waals surface area contributed by atoms with Crippen molar-refractivity contribution < 1.29 is 13.6 Å². The molecule has 5 nitrogen and oxygen atoms in total. The number of hydrogen-bond donors (Lipinski definition) is 0. The number of para-hydroxylation sites is 1. The Balaban J connectivity index is 1.26. The van der Waals surface area contributed by atoms with Gasteiger partial charge in [-0.05, 0) is 60.0 Å². The van der Waals surface area contributed by atoms with Crippen LogP contribution in [0.1, 0.15) is 39.5 Å². The minimum Gasteiger partial charge on any atom is -0.343 e. The predicted molar refractivity (Wildman–Crippen MR) is 144 cm³/mol. The second-order valence-corrected chi connectivity index (χ2v) is 10.1. The van der Waals surface area contributed by atoms with Crippen LogP contribution in [0.15, 0.2) is 85.2 Å². The summed E-state index contributed by atoms with van der Waals surface area (Å²) in [6.07, 6.45) is 4.37. The minimum atomic E-state index is -0.811. The van der Waals surface area contributed by atoms with Crippen molar-refractivity contribution in [2.24, 2.45) is 0 Å². The van der Waals surface area contributed by atoms with E-state index >= 15 is 0 Å². The average Bonchev–Trinajstić information content (AvgIpc) is 3.66. The van der Waals surface area contributed by atoms with E-state index in [0.29, 0.717) is 30.3 Å². The van der Waals surface area contributed by atoms with E-state index in [2.05, 4.69) is 28.0 Å². The number of hydrogen-bond acceptors (Lipinski definition) is 2. The first-order chi connectivity index (χ1) is 18.5. The van der Waals surface area contributed by atoms with Gasteiger partial charge in [-0.15, -0.1) is 0 Å². The molecule has 1 unspecified atom stereocenters. The van der Waals surface area contributed by atoms with Crippen LogP contribution < -0.4 is 0 Å². The Bertz CT molecular complexity index is 1630. The molecule has 1 fully saturated rings. The quantitative estimate of drug-likeness (QED) is 0.243. The number of benzene rings is 3. The lowest BCUT2D eigenvalue weighted by Crippen LogP contribution is -2.29. The third-order valence-electron chi connectivity index (χ3n) is 7.27. The normalized spacial score (nSPS) is 15.4. The molecule has 0 spiro atoms. The van der Waals surface area contributed by atoms with Gasteiger partial charge in [-0.1, -0.05) is 41.9 Å². The first-order valence-corrected chi connectivity index (χ1v) is 12.9. The standard InChI is InChI=1S/C30H25ClF2N4O/c31-22-8-10-24(11-9-22)37-29(15-32)26(16-34-37)30(38)35-13-12-21(18-35)27-19-36(28-7-2-1-6-25(27)28)17-20-4-3-5-23(33)14-20/h1-11,14,16,19,21H,12-13,15,17-18H2. The van der Waals surface area contributed by atoms with E-state index in [4.69, 9.17) is 11.6 Å². The Hall–Kier alpha value is -3.97. The second-order valence-electron chi connectivity index (χ2n) is 9.62. The van der Waals surface area contributed by atoms with Crippen LogP contribution in [0.25, 0.3) is 16.6 Å². The lowest BCUT2D eigenvalue weighted by atomic mass is 9.98. The fourth-order valence-electron chi connectivity index (χ4n) is 5.42. The molecule has 1 aliphatic rings. The first kappa shape index (κ1) is 24.4. The zero-order valence-electron chi connectivity index (χ0n) is 20.5. The number of likely N-dealkylation sites (tertiary alicyclic amines) is 1. The smallest absolute Gasteiger partial charge is 0.257 e. The van der Waals surface area contributed by atoms with Gasteiger partial charge in [0.05, 0.1) is 23.1 Å². The van der Waals surface area contributed by atoms with Crippen LogP contribution >= 0.6 is 11.6 Å². The van der Waals surface area contributed by atoms with Crippen LogP contribution in [0.4, 0.5) is 8.78 Å². The maximum absolute atomic E-state index is 14.1. The third-order valence-corrected chi connectivity index (χ3v) is 7.53. The van der Waals surface area contributed by atoms with Gasteiger partial charge in [0, 0.05) is 47.7 Å².